The van der Waals surface area contributed by atoms with Crippen LogP contribution in [0.15, 0.2) is 16.8 Å². The Labute approximate surface area is 101 Å². The molecule has 1 N–H and O–H groups in total. The summed E-state index contributed by atoms with van der Waals surface area (Å²) < 4.78 is 5.73. The molecule has 0 bridgehead atoms. The third-order valence-electron chi connectivity index (χ3n) is 2.95. The van der Waals surface area contributed by atoms with Crippen LogP contribution >= 0.6 is 11.3 Å². The fraction of sp³-hybridized carbons (Fsp3) is 0.667. The molecule has 0 radical (unpaired) electrons. The summed E-state index contributed by atoms with van der Waals surface area (Å²) in [5.41, 5.74) is 1.37. The van der Waals surface area contributed by atoms with Gasteiger partial charge in [-0.25, -0.2) is 0 Å². The van der Waals surface area contributed by atoms with E-state index in [-0.39, 0.29) is 0 Å². The molecule has 1 aliphatic rings. The third kappa shape index (κ3) is 3.56. The second-order valence-corrected chi connectivity index (χ2v) is 4.93. The lowest BCUT2D eigenvalue weighted by atomic mass is 10.2. The number of ether oxygens (including phenoxy) is 1. The summed E-state index contributed by atoms with van der Waals surface area (Å²) in [6, 6.07) is 2.16. The number of thiophene rings is 1. The van der Waals surface area contributed by atoms with E-state index in [0.29, 0.717) is 6.10 Å². The lowest BCUT2D eigenvalue weighted by Crippen LogP contribution is -2.46. The van der Waals surface area contributed by atoms with E-state index in [1.807, 2.05) is 0 Å². The van der Waals surface area contributed by atoms with Gasteiger partial charge in [0, 0.05) is 26.2 Å². The van der Waals surface area contributed by atoms with Gasteiger partial charge in [0.2, 0.25) is 0 Å². The Hall–Kier alpha value is -0.420. The van der Waals surface area contributed by atoms with Crippen LogP contribution in [0.5, 0.6) is 0 Å². The summed E-state index contributed by atoms with van der Waals surface area (Å²) >= 11 is 1.75. The molecule has 2 heterocycles. The first-order valence-corrected chi connectivity index (χ1v) is 6.88. The van der Waals surface area contributed by atoms with E-state index in [0.717, 1.165) is 39.3 Å². The van der Waals surface area contributed by atoms with Gasteiger partial charge in [0.15, 0.2) is 0 Å². The molecule has 1 aromatic rings. The largest absolute Gasteiger partial charge is 0.374 e. The molecule has 0 spiro atoms. The van der Waals surface area contributed by atoms with Crippen LogP contribution < -0.4 is 5.32 Å². The van der Waals surface area contributed by atoms with Crippen LogP contribution in [0, 0.1) is 0 Å². The van der Waals surface area contributed by atoms with Crippen molar-refractivity contribution in [2.75, 3.05) is 32.8 Å². The van der Waals surface area contributed by atoms with Gasteiger partial charge in [-0.3, -0.25) is 4.90 Å². The Kier molecular flexibility index (Phi) is 4.78. The minimum absolute atomic E-state index is 0.354. The van der Waals surface area contributed by atoms with Crippen LogP contribution in [0.1, 0.15) is 12.5 Å². The van der Waals surface area contributed by atoms with Crippen molar-refractivity contribution < 1.29 is 4.74 Å². The highest BCUT2D eigenvalue weighted by atomic mass is 32.1. The van der Waals surface area contributed by atoms with Gasteiger partial charge in [0.1, 0.15) is 0 Å². The van der Waals surface area contributed by atoms with Gasteiger partial charge in [0.05, 0.1) is 12.7 Å². The number of rotatable bonds is 5. The van der Waals surface area contributed by atoms with Gasteiger partial charge in [0.25, 0.3) is 0 Å². The van der Waals surface area contributed by atoms with Crippen molar-refractivity contribution in [1.82, 2.24) is 10.2 Å². The smallest absolute Gasteiger partial charge is 0.0826 e. The topological polar surface area (TPSA) is 24.5 Å². The molecule has 2 rings (SSSR count). The first kappa shape index (κ1) is 12.0. The molecule has 0 unspecified atom stereocenters. The standard InChI is InChI=1S/C12H20N2OS/c1-2-14-4-5-15-12(9-14)8-13-7-11-3-6-16-10-11/h3,6,10,12-13H,2,4-5,7-9H2,1H3/t12-/m0/s1. The highest BCUT2D eigenvalue weighted by molar-refractivity contribution is 7.07. The van der Waals surface area contributed by atoms with Crippen LogP contribution in [0.3, 0.4) is 0 Å². The number of hydrogen-bond acceptors (Lipinski definition) is 4. The number of nitrogens with zero attached hydrogens (tertiary/aromatic N) is 1. The zero-order valence-electron chi connectivity index (χ0n) is 9.82. The highest BCUT2D eigenvalue weighted by Gasteiger charge is 2.18. The molecule has 1 aliphatic heterocycles. The number of hydrogen-bond donors (Lipinski definition) is 1. The van der Waals surface area contributed by atoms with Gasteiger partial charge >= 0.3 is 0 Å². The van der Waals surface area contributed by atoms with Gasteiger partial charge in [-0.2, -0.15) is 11.3 Å². The van der Waals surface area contributed by atoms with Gasteiger partial charge in [-0.05, 0) is 28.9 Å². The Balaban J connectivity index is 1.65. The van der Waals surface area contributed by atoms with Crippen molar-refractivity contribution >= 4 is 11.3 Å². The summed E-state index contributed by atoms with van der Waals surface area (Å²) in [6.07, 6.45) is 0.354. The monoisotopic (exact) mass is 240 g/mol. The molecule has 0 amide bonds. The summed E-state index contributed by atoms with van der Waals surface area (Å²) in [7, 11) is 0. The van der Waals surface area contributed by atoms with Crippen LogP contribution in [-0.4, -0.2) is 43.8 Å². The molecular formula is C12H20N2OS. The SMILES string of the molecule is CCN1CCO[C@@H](CNCc2ccsc2)C1. The fourth-order valence-electron chi connectivity index (χ4n) is 1.96. The molecule has 0 saturated carbocycles. The van der Waals surface area contributed by atoms with E-state index < -0.39 is 0 Å². The molecule has 1 fully saturated rings. The molecule has 4 heteroatoms. The Morgan fingerprint density at radius 1 is 1.62 bits per heavy atom. The molecule has 1 saturated heterocycles. The summed E-state index contributed by atoms with van der Waals surface area (Å²) in [6.45, 7) is 8.26. The normalized spacial score (nSPS) is 22.4. The van der Waals surface area contributed by atoms with Crippen LogP contribution in [0.4, 0.5) is 0 Å². The quantitative estimate of drug-likeness (QED) is 0.845. The van der Waals surface area contributed by atoms with E-state index in [1.165, 1.54) is 5.56 Å². The Bertz CT molecular complexity index is 289. The van der Waals surface area contributed by atoms with Crippen molar-refractivity contribution in [2.24, 2.45) is 0 Å². The molecule has 90 valence electrons. The molecule has 0 aliphatic carbocycles. The molecule has 1 aromatic heterocycles. The average Bonchev–Trinajstić information content (AvgIpc) is 2.82. The van der Waals surface area contributed by atoms with E-state index in [9.17, 15) is 0 Å². The van der Waals surface area contributed by atoms with E-state index in [1.54, 1.807) is 11.3 Å². The van der Waals surface area contributed by atoms with Crippen molar-refractivity contribution in [3.63, 3.8) is 0 Å². The molecule has 3 nitrogen and oxygen atoms in total. The average molecular weight is 240 g/mol. The van der Waals surface area contributed by atoms with Crippen LogP contribution in [-0.2, 0) is 11.3 Å². The minimum atomic E-state index is 0.354. The zero-order chi connectivity index (χ0) is 11.2. The molecule has 0 aromatic carbocycles. The first-order valence-electron chi connectivity index (χ1n) is 5.94. The number of morpholine rings is 1. The van der Waals surface area contributed by atoms with Crippen molar-refractivity contribution in [3.8, 4) is 0 Å². The van der Waals surface area contributed by atoms with Gasteiger partial charge in [-0.1, -0.05) is 6.92 Å². The Morgan fingerprint density at radius 3 is 3.31 bits per heavy atom. The van der Waals surface area contributed by atoms with E-state index in [2.05, 4.69) is 34.0 Å². The second-order valence-electron chi connectivity index (χ2n) is 4.15. The predicted molar refractivity (Wildman–Crippen MR) is 67.9 cm³/mol. The van der Waals surface area contributed by atoms with Gasteiger partial charge < -0.3 is 10.1 Å². The lowest BCUT2D eigenvalue weighted by Gasteiger charge is -2.32. The van der Waals surface area contributed by atoms with Gasteiger partial charge in [-0.15, -0.1) is 0 Å². The van der Waals surface area contributed by atoms with Crippen molar-refractivity contribution in [1.29, 1.82) is 0 Å². The predicted octanol–water partition coefficient (Wildman–Crippen LogP) is 1.56. The minimum Gasteiger partial charge on any atom is -0.374 e. The molecule has 1 atom stereocenters. The third-order valence-corrected chi connectivity index (χ3v) is 3.68. The second kappa shape index (κ2) is 6.35. The maximum Gasteiger partial charge on any atom is 0.0826 e. The van der Waals surface area contributed by atoms with E-state index >= 15 is 0 Å². The number of nitrogens with one attached hydrogen (secondary N) is 1. The maximum atomic E-state index is 5.73. The van der Waals surface area contributed by atoms with Crippen LogP contribution in [0.25, 0.3) is 0 Å². The van der Waals surface area contributed by atoms with Crippen molar-refractivity contribution in [3.05, 3.63) is 22.4 Å². The zero-order valence-corrected chi connectivity index (χ0v) is 10.6. The first-order chi connectivity index (χ1) is 7.88. The summed E-state index contributed by atoms with van der Waals surface area (Å²) in [5, 5.41) is 7.76. The summed E-state index contributed by atoms with van der Waals surface area (Å²) in [4.78, 5) is 2.44. The summed E-state index contributed by atoms with van der Waals surface area (Å²) in [5.74, 6) is 0. The van der Waals surface area contributed by atoms with Crippen molar-refractivity contribution in [2.45, 2.75) is 19.6 Å². The molecule has 16 heavy (non-hydrogen) atoms. The Morgan fingerprint density at radius 2 is 2.56 bits per heavy atom. The molecular weight excluding hydrogens is 220 g/mol. The number of likely N-dealkylation sites (N-methyl/N-ethyl adjacent to an activating group) is 1. The van der Waals surface area contributed by atoms with E-state index in [4.69, 9.17) is 4.74 Å². The van der Waals surface area contributed by atoms with Crippen LogP contribution in [0.2, 0.25) is 0 Å². The lowest BCUT2D eigenvalue weighted by molar-refractivity contribution is -0.0253. The maximum absolute atomic E-state index is 5.73. The fourth-order valence-corrected chi connectivity index (χ4v) is 2.63. The highest BCUT2D eigenvalue weighted by Crippen LogP contribution is 2.06.